The second-order valence-electron chi connectivity index (χ2n) is 4.97. The molecule has 6 heteroatoms. The molecule has 0 spiro atoms. The lowest BCUT2D eigenvalue weighted by molar-refractivity contribution is -0.0504. The second-order valence-corrected chi connectivity index (χ2v) is 4.97. The molecule has 120 valence electrons. The Balaban J connectivity index is 2.03. The third kappa shape index (κ3) is 5.02. The quantitative estimate of drug-likeness (QED) is 0.482. The summed E-state index contributed by atoms with van der Waals surface area (Å²) < 4.78 is 29.3. The molecule has 0 bridgehead atoms. The van der Waals surface area contributed by atoms with Crippen LogP contribution in [0.15, 0.2) is 41.4 Å². The number of guanidine groups is 1. The van der Waals surface area contributed by atoms with Crippen LogP contribution in [0.1, 0.15) is 25.3 Å². The van der Waals surface area contributed by atoms with E-state index in [1.54, 1.807) is 18.2 Å². The number of rotatable bonds is 6. The van der Waals surface area contributed by atoms with Crippen molar-refractivity contribution in [2.75, 3.05) is 6.54 Å². The van der Waals surface area contributed by atoms with Crippen molar-refractivity contribution in [2.24, 2.45) is 4.99 Å². The van der Waals surface area contributed by atoms with Crippen molar-refractivity contribution in [2.45, 2.75) is 39.0 Å². The van der Waals surface area contributed by atoms with E-state index in [1.165, 1.54) is 6.07 Å². The van der Waals surface area contributed by atoms with Crippen LogP contribution < -0.4 is 15.4 Å². The molecule has 0 unspecified atom stereocenters. The Morgan fingerprint density at radius 2 is 2.05 bits per heavy atom. The van der Waals surface area contributed by atoms with E-state index in [4.69, 9.17) is 0 Å². The molecule has 0 heterocycles. The van der Waals surface area contributed by atoms with Crippen LogP contribution in [0.5, 0.6) is 5.75 Å². The largest absolute Gasteiger partial charge is 0.434 e. The van der Waals surface area contributed by atoms with Gasteiger partial charge in [0.05, 0.1) is 6.54 Å². The molecule has 2 rings (SSSR count). The molecule has 0 fully saturated rings. The summed E-state index contributed by atoms with van der Waals surface area (Å²) in [6.45, 7) is 0.165. The summed E-state index contributed by atoms with van der Waals surface area (Å²) >= 11 is 0. The molecular weight excluding hydrogens is 288 g/mol. The van der Waals surface area contributed by atoms with Gasteiger partial charge in [-0.15, -0.1) is 0 Å². The number of halogens is 2. The molecule has 0 atom stereocenters. The molecule has 0 aliphatic heterocycles. The normalized spacial score (nSPS) is 15.4. The zero-order chi connectivity index (χ0) is 15.8. The number of para-hydroxylation sites is 1. The molecule has 4 nitrogen and oxygen atoms in total. The van der Waals surface area contributed by atoms with Crippen LogP contribution in [0.2, 0.25) is 0 Å². The molecule has 1 aromatic carbocycles. The van der Waals surface area contributed by atoms with E-state index >= 15 is 0 Å². The number of ether oxygens (including phenoxy) is 1. The number of alkyl halides is 2. The molecular formula is C16H21F2N3O. The zero-order valence-corrected chi connectivity index (χ0v) is 12.6. The summed E-state index contributed by atoms with van der Waals surface area (Å²) in [5.41, 5.74) is 0.629. The predicted molar refractivity (Wildman–Crippen MR) is 83.2 cm³/mol. The molecule has 1 aromatic rings. The minimum absolute atomic E-state index is 0.166. The highest BCUT2D eigenvalue weighted by atomic mass is 19.3. The highest BCUT2D eigenvalue weighted by Crippen LogP contribution is 2.21. The highest BCUT2D eigenvalue weighted by molar-refractivity contribution is 5.80. The Labute approximate surface area is 129 Å². The molecule has 0 aromatic heterocycles. The van der Waals surface area contributed by atoms with Crippen molar-refractivity contribution in [3.8, 4) is 5.75 Å². The lowest BCUT2D eigenvalue weighted by atomic mass is 10.2. The van der Waals surface area contributed by atoms with Gasteiger partial charge in [0.15, 0.2) is 5.96 Å². The summed E-state index contributed by atoms with van der Waals surface area (Å²) in [7, 11) is 0. The van der Waals surface area contributed by atoms with E-state index in [1.807, 2.05) is 6.92 Å². The van der Waals surface area contributed by atoms with E-state index in [0.29, 0.717) is 17.6 Å². The van der Waals surface area contributed by atoms with Gasteiger partial charge in [0, 0.05) is 18.2 Å². The first-order valence-electron chi connectivity index (χ1n) is 7.41. The first-order valence-corrected chi connectivity index (χ1v) is 7.41. The summed E-state index contributed by atoms with van der Waals surface area (Å²) in [6, 6.07) is 7.05. The summed E-state index contributed by atoms with van der Waals surface area (Å²) in [4.78, 5) is 4.46. The highest BCUT2D eigenvalue weighted by Gasteiger charge is 2.12. The number of hydrogen-bond donors (Lipinski definition) is 2. The molecule has 0 radical (unpaired) electrons. The Morgan fingerprint density at radius 3 is 2.73 bits per heavy atom. The monoisotopic (exact) mass is 309 g/mol. The van der Waals surface area contributed by atoms with Gasteiger partial charge in [0.2, 0.25) is 0 Å². The minimum atomic E-state index is -2.83. The van der Waals surface area contributed by atoms with Gasteiger partial charge in [-0.05, 0) is 25.8 Å². The Bertz CT molecular complexity index is 524. The molecule has 0 saturated heterocycles. The molecule has 0 saturated carbocycles. The van der Waals surface area contributed by atoms with Crippen molar-refractivity contribution < 1.29 is 13.5 Å². The SMILES string of the molecule is CCNC(=NCc1ccccc1OC(F)F)NC1CC=CC1. The third-order valence-electron chi connectivity index (χ3n) is 3.29. The van der Waals surface area contributed by atoms with Crippen LogP contribution in [0.3, 0.4) is 0 Å². The lowest BCUT2D eigenvalue weighted by Gasteiger charge is -2.17. The smallest absolute Gasteiger partial charge is 0.387 e. The van der Waals surface area contributed by atoms with E-state index in [2.05, 4.69) is 32.5 Å². The van der Waals surface area contributed by atoms with Gasteiger partial charge in [-0.25, -0.2) is 4.99 Å². The average Bonchev–Trinajstić information content (AvgIpc) is 2.99. The fraction of sp³-hybridized carbons (Fsp3) is 0.438. The van der Waals surface area contributed by atoms with Crippen LogP contribution in [0.25, 0.3) is 0 Å². The number of aliphatic imine (C=N–C) groups is 1. The van der Waals surface area contributed by atoms with E-state index in [0.717, 1.165) is 19.4 Å². The second kappa shape index (κ2) is 8.36. The van der Waals surface area contributed by atoms with Crippen molar-refractivity contribution in [3.05, 3.63) is 42.0 Å². The van der Waals surface area contributed by atoms with Gasteiger partial charge >= 0.3 is 6.61 Å². The van der Waals surface area contributed by atoms with Crippen molar-refractivity contribution in [1.29, 1.82) is 0 Å². The Kier molecular flexibility index (Phi) is 6.18. The van der Waals surface area contributed by atoms with Crippen LogP contribution in [-0.4, -0.2) is 25.2 Å². The van der Waals surface area contributed by atoms with Gasteiger partial charge in [0.25, 0.3) is 0 Å². The number of nitrogens with one attached hydrogen (secondary N) is 2. The maximum absolute atomic E-state index is 12.4. The van der Waals surface area contributed by atoms with Crippen LogP contribution in [0, 0.1) is 0 Å². The molecule has 1 aliphatic carbocycles. The van der Waals surface area contributed by atoms with Crippen LogP contribution in [-0.2, 0) is 6.54 Å². The number of nitrogens with zero attached hydrogens (tertiary/aromatic N) is 1. The van der Waals surface area contributed by atoms with Crippen LogP contribution >= 0.6 is 0 Å². The lowest BCUT2D eigenvalue weighted by Crippen LogP contribution is -2.42. The molecule has 2 N–H and O–H groups in total. The third-order valence-corrected chi connectivity index (χ3v) is 3.29. The molecule has 22 heavy (non-hydrogen) atoms. The van der Waals surface area contributed by atoms with E-state index in [9.17, 15) is 8.78 Å². The summed E-state index contributed by atoms with van der Waals surface area (Å²) in [6.07, 6.45) is 6.20. The Hall–Kier alpha value is -2.11. The first kappa shape index (κ1) is 16.3. The molecule has 0 amide bonds. The zero-order valence-electron chi connectivity index (χ0n) is 12.6. The van der Waals surface area contributed by atoms with Crippen molar-refractivity contribution in [1.82, 2.24) is 10.6 Å². The van der Waals surface area contributed by atoms with Gasteiger partial charge in [0.1, 0.15) is 5.75 Å². The molecule has 1 aliphatic rings. The fourth-order valence-electron chi connectivity index (χ4n) is 2.26. The topological polar surface area (TPSA) is 45.7 Å². The number of benzene rings is 1. The van der Waals surface area contributed by atoms with Crippen LogP contribution in [0.4, 0.5) is 8.78 Å². The summed E-state index contributed by atoms with van der Waals surface area (Å²) in [5.74, 6) is 0.850. The Morgan fingerprint density at radius 1 is 1.32 bits per heavy atom. The average molecular weight is 309 g/mol. The first-order chi connectivity index (χ1) is 10.7. The fourth-order valence-corrected chi connectivity index (χ4v) is 2.26. The van der Waals surface area contributed by atoms with Gasteiger partial charge in [-0.3, -0.25) is 0 Å². The van der Waals surface area contributed by atoms with Crippen molar-refractivity contribution >= 4 is 5.96 Å². The van der Waals surface area contributed by atoms with Gasteiger partial charge < -0.3 is 15.4 Å². The number of hydrogen-bond acceptors (Lipinski definition) is 2. The standard InChI is InChI=1S/C16H21F2N3O/c1-2-19-16(21-13-8-4-5-9-13)20-11-12-7-3-6-10-14(12)22-15(17)18/h3-7,10,13,15H,2,8-9,11H2,1H3,(H2,19,20,21). The minimum Gasteiger partial charge on any atom is -0.434 e. The van der Waals surface area contributed by atoms with Gasteiger partial charge in [-0.1, -0.05) is 30.4 Å². The van der Waals surface area contributed by atoms with Gasteiger partial charge in [-0.2, -0.15) is 8.78 Å². The van der Waals surface area contributed by atoms with E-state index < -0.39 is 6.61 Å². The van der Waals surface area contributed by atoms with E-state index in [-0.39, 0.29) is 12.3 Å². The maximum atomic E-state index is 12.4. The van der Waals surface area contributed by atoms with Crippen molar-refractivity contribution in [3.63, 3.8) is 0 Å². The maximum Gasteiger partial charge on any atom is 0.387 e. The predicted octanol–water partition coefficient (Wildman–Crippen LogP) is 3.06. The summed E-state index contributed by atoms with van der Waals surface area (Å²) in [5, 5.41) is 6.50.